The molecule has 1 amide bonds. The van der Waals surface area contributed by atoms with Gasteiger partial charge < -0.3 is 15.2 Å². The minimum absolute atomic E-state index is 0.0765. The van der Waals surface area contributed by atoms with Gasteiger partial charge in [-0.1, -0.05) is 24.3 Å². The van der Waals surface area contributed by atoms with E-state index in [-0.39, 0.29) is 24.8 Å². The van der Waals surface area contributed by atoms with Crippen molar-refractivity contribution in [3.63, 3.8) is 0 Å². The molecule has 0 aliphatic heterocycles. The minimum Gasteiger partial charge on any atom is -0.478 e. The maximum Gasteiger partial charge on any atom is 0.416 e. The van der Waals surface area contributed by atoms with Crippen LogP contribution in [0.4, 0.5) is 13.2 Å². The third-order valence-electron chi connectivity index (χ3n) is 5.98. The number of benzene rings is 2. The first-order valence-corrected chi connectivity index (χ1v) is 11.7. The average molecular weight is 514 g/mol. The quantitative estimate of drug-likeness (QED) is 0.411. The molecular formula is C27H26F3N3O4. The molecule has 1 heterocycles. The average Bonchev–Trinajstić information content (AvgIpc) is 3.69. The van der Waals surface area contributed by atoms with Crippen LogP contribution >= 0.6 is 0 Å². The number of carbonyl (C=O) groups excluding carboxylic acids is 1. The molecule has 0 unspecified atom stereocenters. The van der Waals surface area contributed by atoms with Gasteiger partial charge in [0.2, 0.25) is 5.91 Å². The Morgan fingerprint density at radius 3 is 2.27 bits per heavy atom. The third-order valence-corrected chi connectivity index (χ3v) is 5.98. The number of alkyl halides is 3. The molecule has 0 saturated heterocycles. The Morgan fingerprint density at radius 1 is 1.05 bits per heavy atom. The van der Waals surface area contributed by atoms with Crippen molar-refractivity contribution in [2.45, 2.75) is 57.3 Å². The van der Waals surface area contributed by atoms with E-state index in [9.17, 15) is 27.9 Å². The number of amides is 1. The SMILES string of the molecule is CC(C)(Oc1ccc(CNC(=O)Cc2cnc(-c3ccc(C(F)(F)F)cc3)nc2C2CC2)cc1)C(=O)O. The van der Waals surface area contributed by atoms with Gasteiger partial charge >= 0.3 is 12.1 Å². The number of carboxylic acid groups (broad SMARTS) is 1. The first-order chi connectivity index (χ1) is 17.4. The number of aliphatic carboxylic acids is 1. The molecule has 0 spiro atoms. The Morgan fingerprint density at radius 2 is 1.70 bits per heavy atom. The Kier molecular flexibility index (Phi) is 7.20. The summed E-state index contributed by atoms with van der Waals surface area (Å²) in [6.45, 7) is 3.18. The molecular weight excluding hydrogens is 487 g/mol. The van der Waals surface area contributed by atoms with Gasteiger partial charge in [0, 0.05) is 29.8 Å². The lowest BCUT2D eigenvalue weighted by molar-refractivity contribution is -0.152. The van der Waals surface area contributed by atoms with Gasteiger partial charge in [-0.25, -0.2) is 14.8 Å². The van der Waals surface area contributed by atoms with Gasteiger partial charge in [-0.2, -0.15) is 13.2 Å². The van der Waals surface area contributed by atoms with Crippen LogP contribution in [-0.2, 0) is 28.7 Å². The lowest BCUT2D eigenvalue weighted by atomic mass is 10.1. The molecule has 0 radical (unpaired) electrons. The van der Waals surface area contributed by atoms with Crippen molar-refractivity contribution in [3.05, 3.63) is 77.1 Å². The Bertz CT molecular complexity index is 1290. The molecule has 2 N–H and O–H groups in total. The number of halogens is 3. The molecule has 1 aliphatic carbocycles. The van der Waals surface area contributed by atoms with Crippen molar-refractivity contribution in [1.82, 2.24) is 15.3 Å². The van der Waals surface area contributed by atoms with Crippen LogP contribution in [0.15, 0.2) is 54.7 Å². The number of nitrogens with one attached hydrogen (secondary N) is 1. The lowest BCUT2D eigenvalue weighted by Gasteiger charge is -2.21. The fourth-order valence-corrected chi connectivity index (χ4v) is 3.66. The van der Waals surface area contributed by atoms with Crippen LogP contribution in [0.3, 0.4) is 0 Å². The summed E-state index contributed by atoms with van der Waals surface area (Å²) in [6, 6.07) is 11.5. The Labute approximate surface area is 211 Å². The number of rotatable bonds is 9. The molecule has 37 heavy (non-hydrogen) atoms. The smallest absolute Gasteiger partial charge is 0.416 e. The van der Waals surface area contributed by atoms with Crippen LogP contribution in [0, 0.1) is 0 Å². The highest BCUT2D eigenvalue weighted by molar-refractivity contribution is 5.79. The first kappa shape index (κ1) is 26.1. The molecule has 1 fully saturated rings. The molecule has 0 atom stereocenters. The Hall–Kier alpha value is -3.95. The molecule has 1 aromatic heterocycles. The van der Waals surface area contributed by atoms with Crippen LogP contribution in [0.5, 0.6) is 5.75 Å². The van der Waals surface area contributed by atoms with Gasteiger partial charge in [0.05, 0.1) is 17.7 Å². The van der Waals surface area contributed by atoms with Gasteiger partial charge in [-0.3, -0.25) is 4.79 Å². The zero-order chi connectivity index (χ0) is 26.8. The highest BCUT2D eigenvalue weighted by Gasteiger charge is 2.31. The van der Waals surface area contributed by atoms with Crippen molar-refractivity contribution in [2.75, 3.05) is 0 Å². The number of ether oxygens (including phenoxy) is 1. The van der Waals surface area contributed by atoms with Crippen molar-refractivity contribution in [1.29, 1.82) is 0 Å². The fraction of sp³-hybridized carbons (Fsp3) is 0.333. The number of nitrogens with zero attached hydrogens (tertiary/aromatic N) is 2. The van der Waals surface area contributed by atoms with E-state index in [0.717, 1.165) is 36.2 Å². The zero-order valence-electron chi connectivity index (χ0n) is 20.3. The van der Waals surface area contributed by atoms with Crippen molar-refractivity contribution in [2.24, 2.45) is 0 Å². The number of carboxylic acids is 1. The molecule has 194 valence electrons. The number of hydrogen-bond acceptors (Lipinski definition) is 5. The predicted octanol–water partition coefficient (Wildman–Crippen LogP) is 5.14. The summed E-state index contributed by atoms with van der Waals surface area (Å²) in [5.74, 6) is -0.359. The van der Waals surface area contributed by atoms with E-state index in [1.54, 1.807) is 30.5 Å². The van der Waals surface area contributed by atoms with Crippen LogP contribution < -0.4 is 10.1 Å². The van der Waals surface area contributed by atoms with E-state index in [0.29, 0.717) is 22.7 Å². The van der Waals surface area contributed by atoms with E-state index >= 15 is 0 Å². The first-order valence-electron chi connectivity index (χ1n) is 11.7. The summed E-state index contributed by atoms with van der Waals surface area (Å²) in [5, 5.41) is 12.0. The van der Waals surface area contributed by atoms with Gasteiger partial charge in [-0.05, 0) is 56.5 Å². The molecule has 10 heteroatoms. The number of hydrogen-bond donors (Lipinski definition) is 2. The van der Waals surface area contributed by atoms with E-state index < -0.39 is 23.3 Å². The second-order valence-electron chi connectivity index (χ2n) is 9.47. The van der Waals surface area contributed by atoms with Gasteiger partial charge in [0.1, 0.15) is 5.75 Å². The van der Waals surface area contributed by atoms with Gasteiger partial charge in [-0.15, -0.1) is 0 Å². The molecule has 7 nitrogen and oxygen atoms in total. The topological polar surface area (TPSA) is 101 Å². The van der Waals surface area contributed by atoms with Crippen LogP contribution in [-0.4, -0.2) is 32.6 Å². The fourth-order valence-electron chi connectivity index (χ4n) is 3.66. The third kappa shape index (κ3) is 6.63. The van der Waals surface area contributed by atoms with Crippen molar-refractivity contribution >= 4 is 11.9 Å². The zero-order valence-corrected chi connectivity index (χ0v) is 20.3. The summed E-state index contributed by atoms with van der Waals surface area (Å²) < 4.78 is 44.0. The monoisotopic (exact) mass is 513 g/mol. The lowest BCUT2D eigenvalue weighted by Crippen LogP contribution is -2.37. The molecule has 0 bridgehead atoms. The standard InChI is InChI=1S/C27H26F3N3O4/c1-26(2,25(35)36)37-21-11-3-16(4-12-21)14-31-22(34)13-19-15-32-24(33-23(19)17-5-6-17)18-7-9-20(10-8-18)27(28,29)30/h3-4,7-12,15,17H,5-6,13-14H2,1-2H3,(H,31,34)(H,35,36). The highest BCUT2D eigenvalue weighted by Crippen LogP contribution is 2.41. The molecule has 1 aliphatic rings. The molecule has 2 aromatic carbocycles. The van der Waals surface area contributed by atoms with E-state index in [4.69, 9.17) is 4.74 Å². The highest BCUT2D eigenvalue weighted by atomic mass is 19.4. The summed E-state index contributed by atoms with van der Waals surface area (Å²) in [6.07, 6.45) is -0.893. The Balaban J connectivity index is 1.39. The summed E-state index contributed by atoms with van der Waals surface area (Å²) in [7, 11) is 0. The van der Waals surface area contributed by atoms with E-state index in [1.807, 2.05) is 0 Å². The van der Waals surface area contributed by atoms with Crippen LogP contribution in [0.25, 0.3) is 11.4 Å². The largest absolute Gasteiger partial charge is 0.478 e. The number of carbonyl (C=O) groups is 2. The predicted molar refractivity (Wildman–Crippen MR) is 129 cm³/mol. The summed E-state index contributed by atoms with van der Waals surface area (Å²) in [4.78, 5) is 32.7. The van der Waals surface area contributed by atoms with Crippen LogP contribution in [0.2, 0.25) is 0 Å². The summed E-state index contributed by atoms with van der Waals surface area (Å²) in [5.41, 5.74) is 0.630. The van der Waals surface area contributed by atoms with Crippen molar-refractivity contribution in [3.8, 4) is 17.1 Å². The van der Waals surface area contributed by atoms with Crippen molar-refractivity contribution < 1.29 is 32.6 Å². The van der Waals surface area contributed by atoms with Crippen LogP contribution in [0.1, 0.15) is 55.0 Å². The maximum atomic E-state index is 12.9. The van der Waals surface area contributed by atoms with E-state index in [2.05, 4.69) is 15.3 Å². The second-order valence-corrected chi connectivity index (χ2v) is 9.47. The maximum absolute atomic E-state index is 12.9. The second kappa shape index (κ2) is 10.2. The molecule has 4 rings (SSSR count). The normalized spacial score (nSPS) is 13.8. The number of aromatic nitrogens is 2. The van der Waals surface area contributed by atoms with E-state index in [1.165, 1.54) is 26.0 Å². The van der Waals surface area contributed by atoms with Gasteiger partial charge in [0.15, 0.2) is 11.4 Å². The minimum atomic E-state index is -4.41. The summed E-state index contributed by atoms with van der Waals surface area (Å²) >= 11 is 0. The molecule has 1 saturated carbocycles. The molecule has 3 aromatic rings. The van der Waals surface area contributed by atoms with Gasteiger partial charge in [0.25, 0.3) is 0 Å².